The van der Waals surface area contributed by atoms with Crippen molar-refractivity contribution in [3.63, 3.8) is 0 Å². The summed E-state index contributed by atoms with van der Waals surface area (Å²) >= 11 is 6.42. The van der Waals surface area contributed by atoms with E-state index in [9.17, 15) is 4.79 Å². The molecule has 1 aromatic rings. The Morgan fingerprint density at radius 2 is 2.05 bits per heavy atom. The first-order valence-electron chi connectivity index (χ1n) is 6.72. The summed E-state index contributed by atoms with van der Waals surface area (Å²) in [4.78, 5) is 14.4. The predicted octanol–water partition coefficient (Wildman–Crippen LogP) is 3.56. The minimum absolute atomic E-state index is 0.334. The van der Waals surface area contributed by atoms with Crippen LogP contribution in [0.1, 0.15) is 42.7 Å². The first kappa shape index (κ1) is 12.9. The Bertz CT molecular complexity index is 527. The van der Waals surface area contributed by atoms with Gasteiger partial charge in [0.2, 0.25) is 6.08 Å². The fraction of sp³-hybridized carbons (Fsp3) is 0.533. The second kappa shape index (κ2) is 5.09. The maximum atomic E-state index is 10.5. The summed E-state index contributed by atoms with van der Waals surface area (Å²) in [5.74, 6) is 0.486. The maximum Gasteiger partial charge on any atom is 0.235 e. The van der Waals surface area contributed by atoms with E-state index in [0.29, 0.717) is 5.92 Å². The molecule has 2 fully saturated rings. The van der Waals surface area contributed by atoms with Crippen molar-refractivity contribution in [2.24, 2.45) is 4.99 Å². The molecule has 0 spiro atoms. The van der Waals surface area contributed by atoms with Gasteiger partial charge in [-0.1, -0.05) is 23.7 Å². The molecule has 1 saturated carbocycles. The van der Waals surface area contributed by atoms with Gasteiger partial charge in [0, 0.05) is 18.2 Å². The van der Waals surface area contributed by atoms with Gasteiger partial charge in [-0.05, 0) is 48.8 Å². The number of aliphatic imine (C=N–C) groups is 1. The molecule has 0 bridgehead atoms. The van der Waals surface area contributed by atoms with Crippen LogP contribution < -0.4 is 0 Å². The molecule has 0 aromatic heterocycles. The number of carbonyl (C=O) groups excluding carboxylic acids is 1. The molecule has 0 atom stereocenters. The third kappa shape index (κ3) is 2.46. The van der Waals surface area contributed by atoms with Gasteiger partial charge >= 0.3 is 0 Å². The van der Waals surface area contributed by atoms with Crippen molar-refractivity contribution in [1.29, 1.82) is 0 Å². The number of hydrogen-bond acceptors (Lipinski definition) is 3. The van der Waals surface area contributed by atoms with Crippen LogP contribution in [0.4, 0.5) is 0 Å². The van der Waals surface area contributed by atoms with E-state index in [0.717, 1.165) is 49.5 Å². The molecule has 3 rings (SSSR count). The third-order valence-corrected chi connectivity index (χ3v) is 4.51. The lowest BCUT2D eigenvalue weighted by molar-refractivity contribution is 0.0853. The molecule has 2 aliphatic rings. The van der Waals surface area contributed by atoms with E-state index in [-0.39, 0.29) is 5.54 Å². The highest BCUT2D eigenvalue weighted by Gasteiger charge is 2.45. The van der Waals surface area contributed by atoms with Crippen LogP contribution in [0.15, 0.2) is 23.2 Å². The Hall–Kier alpha value is -1.15. The topological polar surface area (TPSA) is 38.7 Å². The van der Waals surface area contributed by atoms with Gasteiger partial charge in [0.05, 0.1) is 5.54 Å². The highest BCUT2D eigenvalue weighted by molar-refractivity contribution is 6.31. The summed E-state index contributed by atoms with van der Waals surface area (Å²) in [5.41, 5.74) is 1.90. The Labute approximate surface area is 117 Å². The molecule has 3 nitrogen and oxygen atoms in total. The number of benzene rings is 1. The van der Waals surface area contributed by atoms with Crippen molar-refractivity contribution < 1.29 is 9.53 Å². The standard InChI is InChI=1S/C15H16ClNO2/c16-14-9-12(15(5-6-15)17-10-18)1-2-13(14)11-3-7-19-8-4-11/h1-2,9,11H,3-8H2. The Morgan fingerprint density at radius 1 is 1.32 bits per heavy atom. The second-order valence-corrected chi connectivity index (χ2v) is 5.76. The smallest absolute Gasteiger partial charge is 0.235 e. The van der Waals surface area contributed by atoms with Gasteiger partial charge in [0.15, 0.2) is 0 Å². The zero-order valence-electron chi connectivity index (χ0n) is 10.7. The molecule has 1 saturated heterocycles. The van der Waals surface area contributed by atoms with E-state index < -0.39 is 0 Å². The van der Waals surface area contributed by atoms with E-state index in [1.165, 1.54) is 5.56 Å². The molecule has 0 radical (unpaired) electrons. The molecule has 100 valence electrons. The molecule has 0 amide bonds. The lowest BCUT2D eigenvalue weighted by atomic mass is 9.90. The van der Waals surface area contributed by atoms with Crippen molar-refractivity contribution >= 4 is 17.7 Å². The molecule has 1 aliphatic heterocycles. The van der Waals surface area contributed by atoms with E-state index in [4.69, 9.17) is 16.3 Å². The summed E-state index contributed by atoms with van der Waals surface area (Å²) in [7, 11) is 0. The minimum Gasteiger partial charge on any atom is -0.381 e. The lowest BCUT2D eigenvalue weighted by Crippen LogP contribution is -2.14. The van der Waals surface area contributed by atoms with Crippen LogP contribution in [0.2, 0.25) is 5.02 Å². The lowest BCUT2D eigenvalue weighted by Gasteiger charge is -2.24. The van der Waals surface area contributed by atoms with Crippen molar-refractivity contribution in [2.75, 3.05) is 13.2 Å². The van der Waals surface area contributed by atoms with Crippen LogP contribution in [0, 0.1) is 0 Å². The number of nitrogens with zero attached hydrogens (tertiary/aromatic N) is 1. The van der Waals surface area contributed by atoms with E-state index in [1.807, 2.05) is 6.07 Å². The normalized spacial score (nSPS) is 21.7. The van der Waals surface area contributed by atoms with Crippen molar-refractivity contribution in [3.8, 4) is 0 Å². The van der Waals surface area contributed by atoms with Crippen LogP contribution >= 0.6 is 11.6 Å². The maximum absolute atomic E-state index is 10.5. The first-order chi connectivity index (χ1) is 9.25. The highest BCUT2D eigenvalue weighted by Crippen LogP contribution is 2.50. The monoisotopic (exact) mass is 277 g/mol. The number of isocyanates is 1. The number of rotatable bonds is 3. The third-order valence-electron chi connectivity index (χ3n) is 4.18. The Morgan fingerprint density at radius 3 is 2.63 bits per heavy atom. The zero-order chi connectivity index (χ0) is 13.3. The summed E-state index contributed by atoms with van der Waals surface area (Å²) in [6.45, 7) is 1.62. The van der Waals surface area contributed by atoms with Crippen LogP contribution in [-0.2, 0) is 15.1 Å². The van der Waals surface area contributed by atoms with Crippen LogP contribution in [-0.4, -0.2) is 19.3 Å². The number of halogens is 1. The fourth-order valence-corrected chi connectivity index (χ4v) is 3.16. The van der Waals surface area contributed by atoms with E-state index in [2.05, 4.69) is 17.1 Å². The summed E-state index contributed by atoms with van der Waals surface area (Å²) in [6, 6.07) is 6.12. The van der Waals surface area contributed by atoms with Crippen LogP contribution in [0.5, 0.6) is 0 Å². The molecule has 1 heterocycles. The van der Waals surface area contributed by atoms with Gasteiger partial charge in [-0.15, -0.1) is 0 Å². The van der Waals surface area contributed by atoms with Gasteiger partial charge < -0.3 is 4.74 Å². The van der Waals surface area contributed by atoms with Gasteiger partial charge in [-0.3, -0.25) is 0 Å². The summed E-state index contributed by atoms with van der Waals surface area (Å²) in [6.07, 6.45) is 5.55. The molecule has 19 heavy (non-hydrogen) atoms. The van der Waals surface area contributed by atoms with Crippen molar-refractivity contribution in [1.82, 2.24) is 0 Å². The quantitative estimate of drug-likeness (QED) is 0.626. The molecule has 4 heteroatoms. The molecule has 0 unspecified atom stereocenters. The number of ether oxygens (including phenoxy) is 1. The fourth-order valence-electron chi connectivity index (χ4n) is 2.83. The van der Waals surface area contributed by atoms with E-state index in [1.54, 1.807) is 6.08 Å². The van der Waals surface area contributed by atoms with Gasteiger partial charge in [-0.25, -0.2) is 4.79 Å². The first-order valence-corrected chi connectivity index (χ1v) is 7.10. The van der Waals surface area contributed by atoms with Crippen molar-refractivity contribution in [2.45, 2.75) is 37.1 Å². The summed E-state index contributed by atoms with van der Waals surface area (Å²) < 4.78 is 5.38. The molecule has 1 aliphatic carbocycles. The average Bonchev–Trinajstić information content (AvgIpc) is 3.21. The average molecular weight is 278 g/mol. The predicted molar refractivity (Wildman–Crippen MR) is 73.3 cm³/mol. The van der Waals surface area contributed by atoms with Gasteiger partial charge in [0.1, 0.15) is 0 Å². The molecule has 0 N–H and O–H groups in total. The van der Waals surface area contributed by atoms with Gasteiger partial charge in [-0.2, -0.15) is 4.99 Å². The summed E-state index contributed by atoms with van der Waals surface area (Å²) in [5, 5.41) is 0.789. The molecule has 1 aromatic carbocycles. The zero-order valence-corrected chi connectivity index (χ0v) is 11.4. The van der Waals surface area contributed by atoms with Crippen LogP contribution in [0.25, 0.3) is 0 Å². The SMILES string of the molecule is O=C=NC1(c2ccc(C3CCOCC3)c(Cl)c2)CC1. The molecular formula is C15H16ClNO2. The van der Waals surface area contributed by atoms with Gasteiger partial charge in [0.25, 0.3) is 0 Å². The Balaban J connectivity index is 1.87. The minimum atomic E-state index is -0.334. The highest BCUT2D eigenvalue weighted by atomic mass is 35.5. The van der Waals surface area contributed by atoms with E-state index >= 15 is 0 Å². The number of hydrogen-bond donors (Lipinski definition) is 0. The second-order valence-electron chi connectivity index (χ2n) is 5.36. The molecular weight excluding hydrogens is 262 g/mol. The van der Waals surface area contributed by atoms with Crippen LogP contribution in [0.3, 0.4) is 0 Å². The van der Waals surface area contributed by atoms with Crippen molar-refractivity contribution in [3.05, 3.63) is 34.3 Å². The largest absolute Gasteiger partial charge is 0.381 e. The Kier molecular flexibility index (Phi) is 3.44.